The molecule has 0 aromatic heterocycles. The van der Waals surface area contributed by atoms with E-state index >= 15 is 0 Å². The van der Waals surface area contributed by atoms with Crippen LogP contribution in [0, 0.1) is 0 Å². The molecule has 0 bridgehead atoms. The number of fused-ring (bicyclic) bond motifs is 2. The number of nitrogens with zero attached hydrogens (tertiary/aromatic N) is 2. The van der Waals surface area contributed by atoms with Gasteiger partial charge in [-0.05, 0) is 78.8 Å². The molecule has 1 N–H and O–H groups in total. The fourth-order valence-corrected chi connectivity index (χ4v) is 9.84. The third kappa shape index (κ3) is 25.9. The summed E-state index contributed by atoms with van der Waals surface area (Å²) in [6, 6.07) is 11.6. The van der Waals surface area contributed by atoms with Gasteiger partial charge < -0.3 is 66.0 Å². The normalized spacial score (nSPS) is 15.9. The van der Waals surface area contributed by atoms with Crippen molar-refractivity contribution < 1.29 is 150 Å². The second-order valence-electron chi connectivity index (χ2n) is 18.9. The van der Waals surface area contributed by atoms with Crippen LogP contribution in [-0.4, -0.2) is 187 Å². The van der Waals surface area contributed by atoms with Gasteiger partial charge in [-0.1, -0.05) is 26.8 Å². The zero-order valence-corrected chi connectivity index (χ0v) is 52.5. The topological polar surface area (TPSA) is 302 Å². The zero-order chi connectivity index (χ0) is 55.8. The van der Waals surface area contributed by atoms with Crippen molar-refractivity contribution in [3.05, 3.63) is 82.6 Å². The standard InChI is InChI=1S/C51H76N2O20S3.2Na/c1-50(2,3)44-38-41(73-47-37-40(11-13-43(44)47)52(17-8-36-75(59,60)61)18-21-67-26-29-71-32-31-69-24-23-65-5)9-6-10-48-51(4,16-7-35-74(56,57)58)45-39-42(76(62,63)64)12-14-46(45)53(48)19-22-68-27-30-72-34-33-70-28-25-66-20-15-49(54)55;;/h6,9-14,37-39H,7-8,15-36H2,1-5H3,(H3-,54,55,56,57,58,59,60,61,62,63,64);;/q;2*+1/p-2. The Morgan fingerprint density at radius 1 is 0.705 bits per heavy atom. The van der Waals surface area contributed by atoms with Gasteiger partial charge >= 0.3 is 65.1 Å². The van der Waals surface area contributed by atoms with Crippen LogP contribution in [0.3, 0.4) is 0 Å². The molecular weight excluding hydrogens is 1100 g/mol. The van der Waals surface area contributed by atoms with Crippen LogP contribution in [0.2, 0.25) is 0 Å². The van der Waals surface area contributed by atoms with Crippen molar-refractivity contribution in [1.29, 1.82) is 0 Å². The molecule has 22 nitrogen and oxygen atoms in total. The van der Waals surface area contributed by atoms with E-state index < -0.39 is 58.1 Å². The van der Waals surface area contributed by atoms with Gasteiger partial charge in [-0.25, -0.2) is 29.8 Å². The Morgan fingerprint density at radius 2 is 1.24 bits per heavy atom. The summed E-state index contributed by atoms with van der Waals surface area (Å²) in [5.74, 6) is -1.20. The van der Waals surface area contributed by atoms with Crippen LogP contribution in [0.25, 0.3) is 17.4 Å². The molecule has 3 aliphatic rings. The fraction of sp³-hybridized carbons (Fsp3) is 0.608. The molecule has 1 aromatic rings. The Hall–Kier alpha value is -2.19. The average Bonchev–Trinajstić information content (AvgIpc) is 3.56. The maximum atomic E-state index is 12.3. The number of aliphatic carboxylic acids is 1. The van der Waals surface area contributed by atoms with Crippen molar-refractivity contribution in [3.63, 3.8) is 0 Å². The number of anilines is 1. The maximum Gasteiger partial charge on any atom is 1.00 e. The quantitative estimate of drug-likeness (QED) is 0.0269. The van der Waals surface area contributed by atoms with E-state index in [0.29, 0.717) is 80.0 Å². The molecule has 4 rings (SSSR count). The summed E-state index contributed by atoms with van der Waals surface area (Å²) >= 11 is 0. The fourth-order valence-electron chi connectivity index (χ4n) is 8.36. The molecule has 78 heavy (non-hydrogen) atoms. The van der Waals surface area contributed by atoms with E-state index in [1.807, 2.05) is 33.7 Å². The predicted octanol–water partition coefficient (Wildman–Crippen LogP) is -2.46. The number of carboxylic acids is 1. The number of hydrogen-bond donors (Lipinski definition) is 1. The van der Waals surface area contributed by atoms with Gasteiger partial charge in [-0.2, -0.15) is 0 Å². The number of carbonyl (C=O) groups is 1. The van der Waals surface area contributed by atoms with E-state index in [4.69, 9.17) is 47.4 Å². The minimum atomic E-state index is -4.91. The number of allylic oxidation sites excluding steroid dienone is 3. The molecule has 0 saturated carbocycles. The first-order valence-electron chi connectivity index (χ1n) is 25.0. The van der Waals surface area contributed by atoms with Gasteiger partial charge in [0.25, 0.3) is 0 Å². The number of ether oxygens (including phenoxy) is 8. The minimum Gasteiger partial charge on any atom is -0.748 e. The first-order valence-corrected chi connectivity index (χ1v) is 29.5. The minimum absolute atomic E-state index is 0. The van der Waals surface area contributed by atoms with Gasteiger partial charge in [-0.15, -0.1) is 0 Å². The third-order valence-electron chi connectivity index (χ3n) is 12.1. The predicted molar refractivity (Wildman–Crippen MR) is 278 cm³/mol. The van der Waals surface area contributed by atoms with Crippen LogP contribution in [0.1, 0.15) is 70.3 Å². The van der Waals surface area contributed by atoms with Crippen molar-refractivity contribution in [3.8, 4) is 11.3 Å². The Labute approximate surface area is 504 Å². The van der Waals surface area contributed by atoms with Gasteiger partial charge in [-0.3, -0.25) is 4.79 Å². The molecule has 2 aliphatic heterocycles. The SMILES string of the molecule is COCCOCCOCCOCC[N+](CCCS(=O)(=O)[O-])=c1ccc2c(C(C)(C)C)cc(/C=C/C=C3/N(CCOCCOCCOCCOCCC(=O)O)c4ccc(S(=O)(=O)[O-])cc4C3(C)CCCS(=O)(=O)[O-])oc-2c1.[Na+].[Na+]. The summed E-state index contributed by atoms with van der Waals surface area (Å²) in [5.41, 5.74) is 1.88. The number of benzene rings is 2. The monoisotopic (exact) mass is 1180 g/mol. The molecule has 0 amide bonds. The molecule has 0 radical (unpaired) electrons. The van der Waals surface area contributed by atoms with Gasteiger partial charge in [0, 0.05) is 60.0 Å². The van der Waals surface area contributed by atoms with Crippen molar-refractivity contribution in [2.24, 2.45) is 0 Å². The summed E-state index contributed by atoms with van der Waals surface area (Å²) in [6.07, 6.45) is 5.27. The zero-order valence-electron chi connectivity index (χ0n) is 46.1. The molecule has 2 heterocycles. The molecule has 0 saturated heterocycles. The Morgan fingerprint density at radius 3 is 1.78 bits per heavy atom. The summed E-state index contributed by atoms with van der Waals surface area (Å²) in [5, 5.41) is 9.38. The Balaban J connectivity index is 0.0000104. The van der Waals surface area contributed by atoms with Crippen LogP contribution in [0.5, 0.6) is 0 Å². The molecule has 1 aliphatic carbocycles. The molecule has 428 valence electrons. The largest absolute Gasteiger partial charge is 1.00 e. The first-order chi connectivity index (χ1) is 35.9. The summed E-state index contributed by atoms with van der Waals surface area (Å²) in [7, 11) is -12.4. The van der Waals surface area contributed by atoms with Gasteiger partial charge in [0.1, 0.15) is 34.8 Å². The van der Waals surface area contributed by atoms with E-state index in [2.05, 4.69) is 20.8 Å². The second-order valence-corrected chi connectivity index (χ2v) is 23.3. The Bertz CT molecular complexity index is 2750. The first kappa shape index (κ1) is 71.9. The molecule has 1 aromatic carbocycles. The molecule has 0 spiro atoms. The number of carboxylic acid groups (broad SMARTS) is 1. The molecule has 1 unspecified atom stereocenters. The molecule has 0 fully saturated rings. The second kappa shape index (κ2) is 35.7. The van der Waals surface area contributed by atoms with Crippen LogP contribution in [0.15, 0.2) is 69.6 Å². The smallest absolute Gasteiger partial charge is 0.748 e. The Kier molecular flexibility index (Phi) is 32.9. The van der Waals surface area contributed by atoms with E-state index in [1.165, 1.54) is 18.2 Å². The summed E-state index contributed by atoms with van der Waals surface area (Å²) in [4.78, 5) is 12.0. The van der Waals surface area contributed by atoms with E-state index in [1.54, 1.807) is 32.3 Å². The van der Waals surface area contributed by atoms with Gasteiger partial charge in [0.05, 0.1) is 130 Å². The average molecular weight is 1180 g/mol. The molecule has 1 atom stereocenters. The van der Waals surface area contributed by atoms with Crippen molar-refractivity contribution in [1.82, 2.24) is 4.58 Å². The number of methoxy groups -OCH3 is 1. The van der Waals surface area contributed by atoms with E-state index in [-0.39, 0.29) is 163 Å². The van der Waals surface area contributed by atoms with E-state index in [9.17, 15) is 43.7 Å². The number of hydrogen-bond acceptors (Lipinski definition) is 20. The summed E-state index contributed by atoms with van der Waals surface area (Å²) < 4.78 is 160. The maximum absolute atomic E-state index is 12.3. The van der Waals surface area contributed by atoms with Crippen LogP contribution in [0.4, 0.5) is 5.69 Å². The van der Waals surface area contributed by atoms with Crippen molar-refractivity contribution in [2.45, 2.75) is 69.1 Å². The summed E-state index contributed by atoms with van der Waals surface area (Å²) in [6.45, 7) is 13.3. The van der Waals surface area contributed by atoms with Crippen molar-refractivity contribution >= 4 is 48.1 Å². The molecule has 27 heteroatoms. The van der Waals surface area contributed by atoms with Crippen LogP contribution < -0.4 is 73.9 Å². The third-order valence-corrected chi connectivity index (χ3v) is 14.5. The van der Waals surface area contributed by atoms with Crippen LogP contribution >= 0.6 is 0 Å². The van der Waals surface area contributed by atoms with Gasteiger partial charge in [0.2, 0.25) is 5.36 Å². The van der Waals surface area contributed by atoms with Crippen molar-refractivity contribution in [2.75, 3.05) is 142 Å². The van der Waals surface area contributed by atoms with E-state index in [0.717, 1.165) is 11.1 Å². The van der Waals surface area contributed by atoms with Crippen LogP contribution in [-0.2, 0) is 83.9 Å². The van der Waals surface area contributed by atoms with Gasteiger partial charge in [0.15, 0.2) is 6.54 Å². The number of rotatable bonds is 38. The molecular formula is C51H74N2Na2O20S3.